The van der Waals surface area contributed by atoms with Crippen LogP contribution in [0.5, 0.6) is 0 Å². The van der Waals surface area contributed by atoms with E-state index in [1.54, 1.807) is 18.2 Å². The van der Waals surface area contributed by atoms with Gasteiger partial charge in [-0.1, -0.05) is 29.3 Å². The van der Waals surface area contributed by atoms with Crippen molar-refractivity contribution >= 4 is 40.7 Å². The Kier molecular flexibility index (Phi) is 7.54. The van der Waals surface area contributed by atoms with Crippen LogP contribution >= 0.6 is 23.2 Å². The van der Waals surface area contributed by atoms with Crippen molar-refractivity contribution in [3.63, 3.8) is 0 Å². The van der Waals surface area contributed by atoms with E-state index in [0.29, 0.717) is 42.0 Å². The lowest BCUT2D eigenvalue weighted by molar-refractivity contribution is -0.141. The Bertz CT molecular complexity index is 684. The van der Waals surface area contributed by atoms with E-state index >= 15 is 0 Å². The van der Waals surface area contributed by atoms with E-state index in [9.17, 15) is 9.59 Å². The van der Waals surface area contributed by atoms with Crippen LogP contribution in [0.25, 0.3) is 0 Å². The van der Waals surface area contributed by atoms with Crippen LogP contribution < -0.4 is 5.32 Å². The summed E-state index contributed by atoms with van der Waals surface area (Å²) in [5.74, 6) is 0.00347. The molecule has 9 heteroatoms. The summed E-state index contributed by atoms with van der Waals surface area (Å²) in [6.07, 6.45) is 0. The van der Waals surface area contributed by atoms with E-state index in [2.05, 4.69) is 15.1 Å². The SMILES string of the molecule is CC(C(=O)N1CCOCC1)N1CCN(CC(=O)Nc2c(Cl)cccc2Cl)CC1. The summed E-state index contributed by atoms with van der Waals surface area (Å²) in [6, 6.07) is 4.96. The minimum absolute atomic E-state index is 0.152. The number of anilines is 1. The van der Waals surface area contributed by atoms with Gasteiger partial charge in [0.25, 0.3) is 0 Å². The molecule has 0 radical (unpaired) electrons. The first kappa shape index (κ1) is 21.3. The number of benzene rings is 1. The molecule has 1 atom stereocenters. The molecule has 1 aromatic rings. The number of ether oxygens (including phenoxy) is 1. The molecule has 2 amide bonds. The Morgan fingerprint density at radius 2 is 1.68 bits per heavy atom. The minimum Gasteiger partial charge on any atom is -0.378 e. The fourth-order valence-corrected chi connectivity index (χ4v) is 4.00. The third kappa shape index (κ3) is 5.36. The van der Waals surface area contributed by atoms with Gasteiger partial charge in [0.1, 0.15) is 0 Å². The van der Waals surface area contributed by atoms with Gasteiger partial charge in [-0.15, -0.1) is 0 Å². The van der Waals surface area contributed by atoms with E-state index in [4.69, 9.17) is 27.9 Å². The molecule has 2 aliphatic heterocycles. The van der Waals surface area contributed by atoms with Crippen molar-refractivity contribution in [2.45, 2.75) is 13.0 Å². The molecule has 2 aliphatic rings. The standard InChI is InChI=1S/C19H26Cl2N4O3/c1-14(19(27)25-9-11-28-12-10-25)24-7-5-23(6-8-24)13-17(26)22-18-15(20)3-2-4-16(18)21/h2-4,14H,5-13H2,1H3,(H,22,26). The molecule has 0 aromatic heterocycles. The zero-order valence-corrected chi connectivity index (χ0v) is 17.5. The second-order valence-electron chi connectivity index (χ2n) is 7.07. The molecule has 0 bridgehead atoms. The molecule has 3 rings (SSSR count). The van der Waals surface area contributed by atoms with E-state index in [-0.39, 0.29) is 24.4 Å². The summed E-state index contributed by atoms with van der Waals surface area (Å²) in [6.45, 7) is 7.71. The molecular formula is C19H26Cl2N4O3. The van der Waals surface area contributed by atoms with Crippen LogP contribution in [0.3, 0.4) is 0 Å². The van der Waals surface area contributed by atoms with Gasteiger partial charge in [0.15, 0.2) is 0 Å². The summed E-state index contributed by atoms with van der Waals surface area (Å²) in [4.78, 5) is 31.1. The maximum atomic E-state index is 12.6. The second-order valence-corrected chi connectivity index (χ2v) is 7.88. The number of hydrogen-bond acceptors (Lipinski definition) is 5. The molecule has 154 valence electrons. The van der Waals surface area contributed by atoms with Gasteiger partial charge in [-0.3, -0.25) is 19.4 Å². The maximum absolute atomic E-state index is 12.6. The van der Waals surface area contributed by atoms with Crippen molar-refractivity contribution in [1.82, 2.24) is 14.7 Å². The number of amides is 2. The van der Waals surface area contributed by atoms with E-state index < -0.39 is 0 Å². The topological polar surface area (TPSA) is 65.1 Å². The summed E-state index contributed by atoms with van der Waals surface area (Å²) < 4.78 is 5.31. The smallest absolute Gasteiger partial charge is 0.239 e. The molecule has 2 saturated heterocycles. The summed E-state index contributed by atoms with van der Waals surface area (Å²) in [7, 11) is 0. The molecule has 1 N–H and O–H groups in total. The Morgan fingerprint density at radius 3 is 2.29 bits per heavy atom. The van der Waals surface area contributed by atoms with Gasteiger partial charge in [-0.25, -0.2) is 0 Å². The first-order valence-corrected chi connectivity index (χ1v) is 10.3. The summed E-state index contributed by atoms with van der Waals surface area (Å²) >= 11 is 12.2. The number of piperazine rings is 1. The van der Waals surface area contributed by atoms with E-state index in [1.807, 2.05) is 11.8 Å². The third-order valence-electron chi connectivity index (χ3n) is 5.23. The molecule has 0 aliphatic carbocycles. The first-order valence-electron chi connectivity index (χ1n) is 9.52. The van der Waals surface area contributed by atoms with Gasteiger partial charge in [0, 0.05) is 39.3 Å². The first-order chi connectivity index (χ1) is 13.5. The molecule has 1 aromatic carbocycles. The van der Waals surface area contributed by atoms with Crippen molar-refractivity contribution < 1.29 is 14.3 Å². The molecule has 2 heterocycles. The lowest BCUT2D eigenvalue weighted by Crippen LogP contribution is -2.56. The molecule has 7 nitrogen and oxygen atoms in total. The number of morpholine rings is 1. The number of carbonyl (C=O) groups is 2. The largest absolute Gasteiger partial charge is 0.378 e. The normalized spacial score (nSPS) is 20.0. The Morgan fingerprint density at radius 1 is 1.07 bits per heavy atom. The Labute approximate surface area is 175 Å². The summed E-state index contributed by atoms with van der Waals surface area (Å²) in [5.41, 5.74) is 0.444. The van der Waals surface area contributed by atoms with E-state index in [1.165, 1.54) is 0 Å². The lowest BCUT2D eigenvalue weighted by Gasteiger charge is -2.39. The number of nitrogens with one attached hydrogen (secondary N) is 1. The van der Waals surface area contributed by atoms with Gasteiger partial charge >= 0.3 is 0 Å². The van der Waals surface area contributed by atoms with E-state index in [0.717, 1.165) is 26.2 Å². The predicted octanol–water partition coefficient (Wildman–Crippen LogP) is 1.80. The number of nitrogens with zero attached hydrogens (tertiary/aromatic N) is 3. The predicted molar refractivity (Wildman–Crippen MR) is 110 cm³/mol. The monoisotopic (exact) mass is 428 g/mol. The maximum Gasteiger partial charge on any atom is 0.239 e. The fraction of sp³-hybridized carbons (Fsp3) is 0.579. The van der Waals surface area contributed by atoms with Crippen molar-refractivity contribution in [1.29, 1.82) is 0 Å². The van der Waals surface area contributed by atoms with Crippen LogP contribution in [-0.2, 0) is 14.3 Å². The van der Waals surface area contributed by atoms with Crippen molar-refractivity contribution in [2.24, 2.45) is 0 Å². The number of hydrogen-bond donors (Lipinski definition) is 1. The fourth-order valence-electron chi connectivity index (χ4n) is 3.51. The van der Waals surface area contributed by atoms with Crippen molar-refractivity contribution in [2.75, 3.05) is 64.3 Å². The van der Waals surface area contributed by atoms with Crippen LogP contribution in [0.2, 0.25) is 10.0 Å². The van der Waals surface area contributed by atoms with Gasteiger partial charge in [-0.05, 0) is 19.1 Å². The van der Waals surface area contributed by atoms with Crippen LogP contribution in [0.15, 0.2) is 18.2 Å². The van der Waals surface area contributed by atoms with Crippen LogP contribution in [0.1, 0.15) is 6.92 Å². The average Bonchev–Trinajstić information content (AvgIpc) is 2.71. The number of carbonyl (C=O) groups excluding carboxylic acids is 2. The zero-order valence-electron chi connectivity index (χ0n) is 16.0. The van der Waals surface area contributed by atoms with Gasteiger partial charge in [0.05, 0.1) is 41.5 Å². The minimum atomic E-state index is -0.156. The Balaban J connectivity index is 1.46. The molecule has 28 heavy (non-hydrogen) atoms. The lowest BCUT2D eigenvalue weighted by atomic mass is 10.2. The molecule has 1 unspecified atom stereocenters. The Hall–Kier alpha value is -1.38. The molecule has 0 saturated carbocycles. The van der Waals surface area contributed by atoms with Gasteiger partial charge < -0.3 is 15.0 Å². The van der Waals surface area contributed by atoms with Crippen LogP contribution in [0.4, 0.5) is 5.69 Å². The van der Waals surface area contributed by atoms with Crippen molar-refractivity contribution in [3.8, 4) is 0 Å². The number of rotatable bonds is 5. The highest BCUT2D eigenvalue weighted by molar-refractivity contribution is 6.39. The van der Waals surface area contributed by atoms with Gasteiger partial charge in [0.2, 0.25) is 11.8 Å². The highest BCUT2D eigenvalue weighted by Gasteiger charge is 2.30. The average molecular weight is 429 g/mol. The van der Waals surface area contributed by atoms with Crippen molar-refractivity contribution in [3.05, 3.63) is 28.2 Å². The third-order valence-corrected chi connectivity index (χ3v) is 5.86. The number of halogens is 2. The van der Waals surface area contributed by atoms with Gasteiger partial charge in [-0.2, -0.15) is 0 Å². The summed E-state index contributed by atoms with van der Waals surface area (Å²) in [5, 5.41) is 3.63. The highest BCUT2D eigenvalue weighted by Crippen LogP contribution is 2.29. The molecular weight excluding hydrogens is 403 g/mol. The molecule has 0 spiro atoms. The second kappa shape index (κ2) is 9.89. The highest BCUT2D eigenvalue weighted by atomic mass is 35.5. The van der Waals surface area contributed by atoms with Crippen LogP contribution in [0, 0.1) is 0 Å². The quantitative estimate of drug-likeness (QED) is 0.774. The molecule has 2 fully saturated rings. The zero-order chi connectivity index (χ0) is 20.1. The number of para-hydroxylation sites is 1. The van der Waals surface area contributed by atoms with Crippen LogP contribution in [-0.4, -0.2) is 91.6 Å².